The van der Waals surface area contributed by atoms with Gasteiger partial charge in [-0.25, -0.2) is 0 Å². The van der Waals surface area contributed by atoms with Crippen LogP contribution >= 0.6 is 12.6 Å². The van der Waals surface area contributed by atoms with E-state index in [-0.39, 0.29) is 5.91 Å². The Balaban J connectivity index is 2.26. The summed E-state index contributed by atoms with van der Waals surface area (Å²) in [5.74, 6) is 0.158. The summed E-state index contributed by atoms with van der Waals surface area (Å²) in [7, 11) is 0. The summed E-state index contributed by atoms with van der Waals surface area (Å²) in [5.41, 5.74) is 1.83. The van der Waals surface area contributed by atoms with Gasteiger partial charge in [-0.2, -0.15) is 0 Å². The molecule has 0 saturated carbocycles. The monoisotopic (exact) mass is 249 g/mol. The van der Waals surface area contributed by atoms with Crippen molar-refractivity contribution in [3.8, 4) is 0 Å². The van der Waals surface area contributed by atoms with Crippen LogP contribution in [-0.2, 0) is 0 Å². The van der Waals surface area contributed by atoms with Crippen LogP contribution in [0, 0.1) is 6.92 Å². The topological polar surface area (TPSA) is 20.3 Å². The largest absolute Gasteiger partial charge is 0.336 e. The average Bonchev–Trinajstić information content (AvgIpc) is 2.32. The predicted octanol–water partition coefficient (Wildman–Crippen LogP) is 3.30. The number of carbonyl (C=O) groups excluding carboxylic acids is 1. The first-order valence-corrected chi connectivity index (χ1v) is 6.65. The number of carbonyl (C=O) groups is 1. The Morgan fingerprint density at radius 1 is 1.41 bits per heavy atom. The van der Waals surface area contributed by atoms with Gasteiger partial charge in [0.15, 0.2) is 0 Å². The SMILES string of the molecule is Cc1ccc(S)cc1C(=O)N1CCCCC1C. The van der Waals surface area contributed by atoms with Crippen molar-refractivity contribution in [2.45, 2.75) is 44.0 Å². The van der Waals surface area contributed by atoms with E-state index in [4.69, 9.17) is 0 Å². The van der Waals surface area contributed by atoms with E-state index in [0.29, 0.717) is 6.04 Å². The van der Waals surface area contributed by atoms with Crippen LogP contribution in [0.15, 0.2) is 23.1 Å². The van der Waals surface area contributed by atoms with Gasteiger partial charge in [-0.3, -0.25) is 4.79 Å². The molecule has 2 rings (SSSR count). The second-order valence-electron chi connectivity index (χ2n) is 4.84. The minimum atomic E-state index is 0.158. The van der Waals surface area contributed by atoms with Crippen molar-refractivity contribution in [1.82, 2.24) is 4.90 Å². The number of hydrogen-bond acceptors (Lipinski definition) is 2. The summed E-state index contributed by atoms with van der Waals surface area (Å²) in [5, 5.41) is 0. The Hall–Kier alpha value is -0.960. The second kappa shape index (κ2) is 5.13. The lowest BCUT2D eigenvalue weighted by molar-refractivity contribution is 0.0634. The molecular weight excluding hydrogens is 230 g/mol. The van der Waals surface area contributed by atoms with Crippen molar-refractivity contribution in [1.29, 1.82) is 0 Å². The molecule has 1 unspecified atom stereocenters. The number of amides is 1. The van der Waals surface area contributed by atoms with E-state index in [1.54, 1.807) is 0 Å². The molecule has 2 nitrogen and oxygen atoms in total. The lowest BCUT2D eigenvalue weighted by atomic mass is 10.0. The van der Waals surface area contributed by atoms with E-state index < -0.39 is 0 Å². The molecule has 1 aromatic carbocycles. The van der Waals surface area contributed by atoms with Crippen molar-refractivity contribution < 1.29 is 4.79 Å². The van der Waals surface area contributed by atoms with E-state index >= 15 is 0 Å². The third-order valence-corrected chi connectivity index (χ3v) is 3.79. The lowest BCUT2D eigenvalue weighted by Crippen LogP contribution is -2.42. The van der Waals surface area contributed by atoms with Gasteiger partial charge in [-0.1, -0.05) is 6.07 Å². The Morgan fingerprint density at radius 2 is 2.18 bits per heavy atom. The minimum Gasteiger partial charge on any atom is -0.336 e. The van der Waals surface area contributed by atoms with Crippen LogP contribution < -0.4 is 0 Å². The number of thiol groups is 1. The van der Waals surface area contributed by atoms with E-state index in [1.165, 1.54) is 6.42 Å². The molecule has 0 aromatic heterocycles. The zero-order chi connectivity index (χ0) is 12.4. The molecule has 0 radical (unpaired) electrons. The first-order valence-electron chi connectivity index (χ1n) is 6.20. The van der Waals surface area contributed by atoms with Gasteiger partial charge < -0.3 is 4.90 Å². The van der Waals surface area contributed by atoms with E-state index in [0.717, 1.165) is 35.4 Å². The molecule has 0 bridgehead atoms. The third-order valence-electron chi connectivity index (χ3n) is 3.52. The molecule has 0 spiro atoms. The zero-order valence-corrected chi connectivity index (χ0v) is 11.3. The van der Waals surface area contributed by atoms with Gasteiger partial charge in [-0.05, 0) is 50.8 Å². The molecule has 1 aliphatic heterocycles. The van der Waals surface area contributed by atoms with Gasteiger partial charge >= 0.3 is 0 Å². The van der Waals surface area contributed by atoms with Crippen LogP contribution in [0.4, 0.5) is 0 Å². The number of piperidine rings is 1. The molecule has 1 atom stereocenters. The van der Waals surface area contributed by atoms with Gasteiger partial charge in [-0.15, -0.1) is 12.6 Å². The molecule has 1 aliphatic rings. The molecule has 0 aliphatic carbocycles. The molecule has 0 N–H and O–H groups in total. The van der Waals surface area contributed by atoms with Gasteiger partial charge in [0.05, 0.1) is 0 Å². The number of hydrogen-bond donors (Lipinski definition) is 1. The smallest absolute Gasteiger partial charge is 0.254 e. The molecule has 1 heterocycles. The van der Waals surface area contributed by atoms with Gasteiger partial charge in [0.2, 0.25) is 0 Å². The standard InChI is InChI=1S/C14H19NOS/c1-10-6-7-12(17)9-13(10)14(16)15-8-4-3-5-11(15)2/h6-7,9,11,17H,3-5,8H2,1-2H3. The molecule has 1 aromatic rings. The summed E-state index contributed by atoms with van der Waals surface area (Å²) in [4.78, 5) is 15.3. The minimum absolute atomic E-state index is 0.158. The predicted molar refractivity (Wildman–Crippen MR) is 72.8 cm³/mol. The molecule has 92 valence electrons. The van der Waals surface area contributed by atoms with Crippen LogP contribution in [0.25, 0.3) is 0 Å². The summed E-state index contributed by atoms with van der Waals surface area (Å²) in [6.45, 7) is 5.00. The molecule has 17 heavy (non-hydrogen) atoms. The van der Waals surface area contributed by atoms with Crippen molar-refractivity contribution in [2.24, 2.45) is 0 Å². The second-order valence-corrected chi connectivity index (χ2v) is 5.36. The fourth-order valence-corrected chi connectivity index (χ4v) is 2.60. The number of likely N-dealkylation sites (tertiary alicyclic amines) is 1. The normalized spacial score (nSPS) is 20.4. The first kappa shape index (κ1) is 12.5. The highest BCUT2D eigenvalue weighted by atomic mass is 32.1. The van der Waals surface area contributed by atoms with Crippen molar-refractivity contribution in [3.05, 3.63) is 29.3 Å². The van der Waals surface area contributed by atoms with Gasteiger partial charge in [0.1, 0.15) is 0 Å². The van der Waals surface area contributed by atoms with E-state index in [2.05, 4.69) is 19.6 Å². The highest BCUT2D eigenvalue weighted by Gasteiger charge is 2.25. The molecule has 3 heteroatoms. The van der Waals surface area contributed by atoms with Crippen LogP contribution in [0.3, 0.4) is 0 Å². The van der Waals surface area contributed by atoms with Crippen LogP contribution in [0.2, 0.25) is 0 Å². The van der Waals surface area contributed by atoms with E-state index in [9.17, 15) is 4.79 Å². The lowest BCUT2D eigenvalue weighted by Gasteiger charge is -2.33. The number of aryl methyl sites for hydroxylation is 1. The molecule has 1 saturated heterocycles. The fraction of sp³-hybridized carbons (Fsp3) is 0.500. The summed E-state index contributed by atoms with van der Waals surface area (Å²) in [6.07, 6.45) is 3.47. The Labute approximate surface area is 108 Å². The molecule has 1 amide bonds. The van der Waals surface area contributed by atoms with Crippen LogP contribution in [0.1, 0.15) is 42.1 Å². The average molecular weight is 249 g/mol. The molecule has 1 fully saturated rings. The highest BCUT2D eigenvalue weighted by Crippen LogP contribution is 2.22. The van der Waals surface area contributed by atoms with Crippen molar-refractivity contribution in [2.75, 3.05) is 6.54 Å². The third kappa shape index (κ3) is 2.65. The maximum absolute atomic E-state index is 12.5. The number of nitrogens with zero attached hydrogens (tertiary/aromatic N) is 1. The summed E-state index contributed by atoms with van der Waals surface area (Å²) >= 11 is 4.31. The van der Waals surface area contributed by atoms with Crippen molar-refractivity contribution >= 4 is 18.5 Å². The Bertz CT molecular complexity index is 430. The van der Waals surface area contributed by atoms with Gasteiger partial charge in [0.25, 0.3) is 5.91 Å². The Kier molecular flexibility index (Phi) is 3.77. The Morgan fingerprint density at radius 3 is 2.88 bits per heavy atom. The van der Waals surface area contributed by atoms with Crippen LogP contribution in [-0.4, -0.2) is 23.4 Å². The summed E-state index contributed by atoms with van der Waals surface area (Å²) in [6, 6.07) is 6.13. The maximum Gasteiger partial charge on any atom is 0.254 e. The molecular formula is C14H19NOS. The van der Waals surface area contributed by atoms with Gasteiger partial charge in [0, 0.05) is 23.0 Å². The maximum atomic E-state index is 12.5. The first-order chi connectivity index (χ1) is 8.09. The summed E-state index contributed by atoms with van der Waals surface area (Å²) < 4.78 is 0. The van der Waals surface area contributed by atoms with E-state index in [1.807, 2.05) is 30.0 Å². The zero-order valence-electron chi connectivity index (χ0n) is 10.4. The quantitative estimate of drug-likeness (QED) is 0.757. The number of benzene rings is 1. The highest BCUT2D eigenvalue weighted by molar-refractivity contribution is 7.80. The van der Waals surface area contributed by atoms with Crippen LogP contribution in [0.5, 0.6) is 0 Å². The number of rotatable bonds is 1. The van der Waals surface area contributed by atoms with Crippen molar-refractivity contribution in [3.63, 3.8) is 0 Å². The fourth-order valence-electron chi connectivity index (χ4n) is 2.39.